The molecule has 1 saturated carbocycles. The summed E-state index contributed by atoms with van der Waals surface area (Å²) in [6, 6.07) is 9.64. The number of benzene rings is 1. The minimum atomic E-state index is 0.739. The van der Waals surface area contributed by atoms with E-state index in [4.69, 9.17) is 0 Å². The van der Waals surface area contributed by atoms with Crippen molar-refractivity contribution in [1.82, 2.24) is 5.32 Å². The summed E-state index contributed by atoms with van der Waals surface area (Å²) in [5.74, 6) is 0.983. The Kier molecular flexibility index (Phi) is 5.25. The molecule has 1 aromatic carbocycles. The van der Waals surface area contributed by atoms with Gasteiger partial charge in [0.25, 0.3) is 0 Å². The highest BCUT2D eigenvalue weighted by Crippen LogP contribution is 2.25. The third-order valence-corrected chi connectivity index (χ3v) is 4.38. The first-order valence-corrected chi connectivity index (χ1v) is 7.57. The zero-order chi connectivity index (χ0) is 12.8. The van der Waals surface area contributed by atoms with E-state index < -0.39 is 0 Å². The van der Waals surface area contributed by atoms with Crippen LogP contribution in [-0.4, -0.2) is 6.04 Å². The fourth-order valence-electron chi connectivity index (χ4n) is 2.96. The lowest BCUT2D eigenvalue weighted by Crippen LogP contribution is -2.27. The fraction of sp³-hybridized carbons (Fsp3) is 0.647. The van der Waals surface area contributed by atoms with Gasteiger partial charge in [-0.25, -0.2) is 0 Å². The minimum absolute atomic E-state index is 0.739. The second-order valence-corrected chi connectivity index (χ2v) is 5.85. The van der Waals surface area contributed by atoms with Gasteiger partial charge in [-0.15, -0.1) is 0 Å². The molecule has 1 fully saturated rings. The van der Waals surface area contributed by atoms with Crippen molar-refractivity contribution in [2.45, 2.75) is 65.0 Å². The molecule has 2 atom stereocenters. The van der Waals surface area contributed by atoms with Crippen LogP contribution in [0.5, 0.6) is 0 Å². The summed E-state index contributed by atoms with van der Waals surface area (Å²) in [6.45, 7) is 5.51. The van der Waals surface area contributed by atoms with Crippen LogP contribution >= 0.6 is 0 Å². The van der Waals surface area contributed by atoms with Crippen LogP contribution in [0.25, 0.3) is 0 Å². The van der Waals surface area contributed by atoms with Gasteiger partial charge in [0, 0.05) is 12.6 Å². The molecule has 1 aliphatic rings. The molecule has 100 valence electrons. The van der Waals surface area contributed by atoms with E-state index in [2.05, 4.69) is 43.4 Å². The molecule has 0 radical (unpaired) electrons. The van der Waals surface area contributed by atoms with Crippen molar-refractivity contribution in [2.75, 3.05) is 0 Å². The number of hydrogen-bond donors (Lipinski definition) is 1. The molecule has 0 bridgehead atoms. The van der Waals surface area contributed by atoms with E-state index in [1.54, 1.807) is 0 Å². The molecule has 1 aliphatic carbocycles. The van der Waals surface area contributed by atoms with E-state index >= 15 is 0 Å². The van der Waals surface area contributed by atoms with Crippen molar-refractivity contribution < 1.29 is 0 Å². The average Bonchev–Trinajstić information content (AvgIpc) is 2.63. The lowest BCUT2D eigenvalue weighted by atomic mass is 9.98. The van der Waals surface area contributed by atoms with Gasteiger partial charge in [0.05, 0.1) is 0 Å². The predicted octanol–water partition coefficient (Wildman–Crippen LogP) is 4.44. The van der Waals surface area contributed by atoms with Gasteiger partial charge in [0.15, 0.2) is 0 Å². The maximum atomic E-state index is 3.74. The summed E-state index contributed by atoms with van der Waals surface area (Å²) in [5.41, 5.74) is 2.76. The SMILES string of the molecule is CCC1CCCC(NCc2ccc(C)cc2)CC1. The van der Waals surface area contributed by atoms with Crippen molar-refractivity contribution in [3.05, 3.63) is 35.4 Å². The summed E-state index contributed by atoms with van der Waals surface area (Å²) in [4.78, 5) is 0. The van der Waals surface area contributed by atoms with Gasteiger partial charge in [0.1, 0.15) is 0 Å². The van der Waals surface area contributed by atoms with E-state index in [-0.39, 0.29) is 0 Å². The van der Waals surface area contributed by atoms with Crippen LogP contribution in [-0.2, 0) is 6.54 Å². The third kappa shape index (κ3) is 4.13. The van der Waals surface area contributed by atoms with Crippen LogP contribution in [0.1, 0.15) is 56.6 Å². The molecule has 2 unspecified atom stereocenters. The highest BCUT2D eigenvalue weighted by Gasteiger charge is 2.17. The highest BCUT2D eigenvalue weighted by molar-refractivity contribution is 5.21. The van der Waals surface area contributed by atoms with Crippen molar-refractivity contribution in [1.29, 1.82) is 0 Å². The first-order chi connectivity index (χ1) is 8.78. The van der Waals surface area contributed by atoms with Crippen LogP contribution in [0.2, 0.25) is 0 Å². The Morgan fingerprint density at radius 2 is 1.83 bits per heavy atom. The quantitative estimate of drug-likeness (QED) is 0.773. The first kappa shape index (κ1) is 13.6. The number of hydrogen-bond acceptors (Lipinski definition) is 1. The van der Waals surface area contributed by atoms with Crippen LogP contribution < -0.4 is 5.32 Å². The standard InChI is InChI=1S/C17H27N/c1-3-15-5-4-6-17(12-11-15)18-13-16-9-7-14(2)8-10-16/h7-10,15,17-18H,3-6,11-13H2,1-2H3. The Morgan fingerprint density at radius 1 is 1.06 bits per heavy atom. The Morgan fingerprint density at radius 3 is 2.56 bits per heavy atom. The second-order valence-electron chi connectivity index (χ2n) is 5.85. The Labute approximate surface area is 112 Å². The van der Waals surface area contributed by atoms with E-state index in [9.17, 15) is 0 Å². The van der Waals surface area contributed by atoms with Crippen molar-refractivity contribution in [2.24, 2.45) is 5.92 Å². The van der Waals surface area contributed by atoms with E-state index in [1.165, 1.54) is 49.7 Å². The molecule has 0 amide bonds. The van der Waals surface area contributed by atoms with E-state index in [1.807, 2.05) is 0 Å². The summed E-state index contributed by atoms with van der Waals surface area (Å²) < 4.78 is 0. The number of rotatable bonds is 4. The van der Waals surface area contributed by atoms with E-state index in [0.717, 1.165) is 18.5 Å². The maximum absolute atomic E-state index is 3.74. The Hall–Kier alpha value is -0.820. The zero-order valence-electron chi connectivity index (χ0n) is 11.9. The molecule has 1 heteroatoms. The molecule has 1 N–H and O–H groups in total. The maximum Gasteiger partial charge on any atom is 0.0208 e. The van der Waals surface area contributed by atoms with Gasteiger partial charge in [-0.3, -0.25) is 0 Å². The lowest BCUT2D eigenvalue weighted by molar-refractivity contribution is 0.425. The Balaban J connectivity index is 1.77. The van der Waals surface area contributed by atoms with Crippen LogP contribution in [0.3, 0.4) is 0 Å². The Bertz CT molecular complexity index is 341. The number of aryl methyl sites for hydroxylation is 1. The van der Waals surface area contributed by atoms with Crippen molar-refractivity contribution in [3.8, 4) is 0 Å². The van der Waals surface area contributed by atoms with Gasteiger partial charge in [-0.1, -0.05) is 56.0 Å². The zero-order valence-corrected chi connectivity index (χ0v) is 11.9. The first-order valence-electron chi connectivity index (χ1n) is 7.57. The topological polar surface area (TPSA) is 12.0 Å². The van der Waals surface area contributed by atoms with Gasteiger partial charge in [0.2, 0.25) is 0 Å². The molecular formula is C17H27N. The highest BCUT2D eigenvalue weighted by atomic mass is 14.9. The molecule has 2 rings (SSSR count). The van der Waals surface area contributed by atoms with Crippen LogP contribution in [0.15, 0.2) is 24.3 Å². The van der Waals surface area contributed by atoms with Crippen molar-refractivity contribution >= 4 is 0 Å². The molecule has 0 aromatic heterocycles. The van der Waals surface area contributed by atoms with Gasteiger partial charge in [-0.05, 0) is 37.7 Å². The largest absolute Gasteiger partial charge is 0.310 e. The van der Waals surface area contributed by atoms with Crippen LogP contribution in [0.4, 0.5) is 0 Å². The molecule has 0 heterocycles. The van der Waals surface area contributed by atoms with E-state index in [0.29, 0.717) is 0 Å². The predicted molar refractivity (Wildman–Crippen MR) is 78.7 cm³/mol. The van der Waals surface area contributed by atoms with Gasteiger partial charge >= 0.3 is 0 Å². The molecule has 0 saturated heterocycles. The normalized spacial score (nSPS) is 24.8. The molecule has 0 aliphatic heterocycles. The summed E-state index contributed by atoms with van der Waals surface area (Å²) in [5, 5.41) is 3.74. The van der Waals surface area contributed by atoms with Crippen molar-refractivity contribution in [3.63, 3.8) is 0 Å². The molecule has 1 nitrogen and oxygen atoms in total. The summed E-state index contributed by atoms with van der Waals surface area (Å²) >= 11 is 0. The minimum Gasteiger partial charge on any atom is -0.310 e. The molecular weight excluding hydrogens is 218 g/mol. The fourth-order valence-corrected chi connectivity index (χ4v) is 2.96. The molecule has 1 aromatic rings. The average molecular weight is 245 g/mol. The third-order valence-electron chi connectivity index (χ3n) is 4.38. The monoisotopic (exact) mass is 245 g/mol. The lowest BCUT2D eigenvalue weighted by Gasteiger charge is -2.16. The smallest absolute Gasteiger partial charge is 0.0208 e. The molecule has 18 heavy (non-hydrogen) atoms. The summed E-state index contributed by atoms with van der Waals surface area (Å²) in [7, 11) is 0. The summed E-state index contributed by atoms with van der Waals surface area (Å²) in [6.07, 6.45) is 8.36. The van der Waals surface area contributed by atoms with Gasteiger partial charge in [-0.2, -0.15) is 0 Å². The molecule has 0 spiro atoms. The van der Waals surface area contributed by atoms with Gasteiger partial charge < -0.3 is 5.32 Å². The second kappa shape index (κ2) is 6.94. The number of nitrogens with one attached hydrogen (secondary N) is 1. The van der Waals surface area contributed by atoms with Crippen LogP contribution in [0, 0.1) is 12.8 Å².